The average molecular weight is 185 g/mol. The highest BCUT2D eigenvalue weighted by Gasteiger charge is 2.27. The fourth-order valence-electron chi connectivity index (χ4n) is 1.62. The average Bonchev–Trinajstić information content (AvgIpc) is 2.36. The Morgan fingerprint density at radius 2 is 2.46 bits per heavy atom. The van der Waals surface area contributed by atoms with Crippen molar-refractivity contribution in [2.24, 2.45) is 0 Å². The normalized spacial score (nSPS) is 24.7. The van der Waals surface area contributed by atoms with Crippen molar-refractivity contribution in [2.75, 3.05) is 19.6 Å². The Hall–Kier alpha value is -0.770. The lowest BCUT2D eigenvalue weighted by molar-refractivity contribution is 0.200. The minimum absolute atomic E-state index is 0.0669. The molecular weight excluding hydrogens is 166 g/mol. The second-order valence-corrected chi connectivity index (χ2v) is 3.65. The SMILES string of the molecule is CCNC(C)CN1C(=O)NCC1C. The summed E-state index contributed by atoms with van der Waals surface area (Å²) < 4.78 is 0. The Labute approximate surface area is 79.7 Å². The van der Waals surface area contributed by atoms with Gasteiger partial charge in [-0.25, -0.2) is 4.79 Å². The summed E-state index contributed by atoms with van der Waals surface area (Å²) in [7, 11) is 0. The molecule has 1 aliphatic rings. The number of hydrogen-bond donors (Lipinski definition) is 2. The van der Waals surface area contributed by atoms with Crippen molar-refractivity contribution in [1.82, 2.24) is 15.5 Å². The summed E-state index contributed by atoms with van der Waals surface area (Å²) in [5, 5.41) is 6.12. The summed E-state index contributed by atoms with van der Waals surface area (Å²) in [4.78, 5) is 13.2. The highest BCUT2D eigenvalue weighted by molar-refractivity contribution is 5.76. The quantitative estimate of drug-likeness (QED) is 0.666. The van der Waals surface area contributed by atoms with Crippen molar-refractivity contribution in [3.63, 3.8) is 0 Å². The first-order chi connectivity index (χ1) is 6.15. The number of urea groups is 1. The van der Waals surface area contributed by atoms with Crippen LogP contribution in [0.3, 0.4) is 0 Å². The van der Waals surface area contributed by atoms with Crippen molar-refractivity contribution < 1.29 is 4.79 Å². The van der Waals surface area contributed by atoms with Gasteiger partial charge in [-0.15, -0.1) is 0 Å². The molecule has 2 amide bonds. The second-order valence-electron chi connectivity index (χ2n) is 3.65. The van der Waals surface area contributed by atoms with Gasteiger partial charge in [0.1, 0.15) is 0 Å². The molecule has 0 spiro atoms. The fraction of sp³-hybridized carbons (Fsp3) is 0.889. The van der Waals surface area contributed by atoms with Crippen LogP contribution < -0.4 is 10.6 Å². The highest BCUT2D eigenvalue weighted by Crippen LogP contribution is 2.06. The van der Waals surface area contributed by atoms with E-state index in [0.29, 0.717) is 12.1 Å². The first-order valence-electron chi connectivity index (χ1n) is 4.93. The van der Waals surface area contributed by atoms with Gasteiger partial charge in [0, 0.05) is 25.2 Å². The molecule has 1 saturated heterocycles. The van der Waals surface area contributed by atoms with Gasteiger partial charge in [0.2, 0.25) is 0 Å². The number of carbonyl (C=O) groups excluding carboxylic acids is 1. The van der Waals surface area contributed by atoms with E-state index >= 15 is 0 Å². The molecule has 13 heavy (non-hydrogen) atoms. The molecule has 1 heterocycles. The van der Waals surface area contributed by atoms with Crippen molar-refractivity contribution >= 4 is 6.03 Å². The van der Waals surface area contributed by atoms with Gasteiger partial charge in [-0.05, 0) is 20.4 Å². The van der Waals surface area contributed by atoms with Crippen LogP contribution in [0.25, 0.3) is 0 Å². The van der Waals surface area contributed by atoms with E-state index in [2.05, 4.69) is 31.4 Å². The summed E-state index contributed by atoms with van der Waals surface area (Å²) in [6, 6.07) is 0.766. The van der Waals surface area contributed by atoms with E-state index in [4.69, 9.17) is 0 Å². The molecule has 1 aliphatic heterocycles. The molecule has 2 N–H and O–H groups in total. The number of amides is 2. The van der Waals surface area contributed by atoms with E-state index in [1.807, 2.05) is 4.90 Å². The number of likely N-dealkylation sites (N-methyl/N-ethyl adjacent to an activating group) is 1. The maximum absolute atomic E-state index is 11.3. The minimum atomic E-state index is 0.0669. The first kappa shape index (κ1) is 10.3. The molecule has 0 saturated carbocycles. The molecular formula is C9H19N3O. The van der Waals surface area contributed by atoms with Crippen molar-refractivity contribution in [3.8, 4) is 0 Å². The van der Waals surface area contributed by atoms with Crippen LogP contribution in [0, 0.1) is 0 Å². The number of carbonyl (C=O) groups is 1. The van der Waals surface area contributed by atoms with Gasteiger partial charge in [0.15, 0.2) is 0 Å². The van der Waals surface area contributed by atoms with Gasteiger partial charge in [0.05, 0.1) is 0 Å². The molecule has 0 aromatic heterocycles. The summed E-state index contributed by atoms with van der Waals surface area (Å²) in [6.07, 6.45) is 0. The van der Waals surface area contributed by atoms with Crippen LogP contribution in [0.1, 0.15) is 20.8 Å². The predicted octanol–water partition coefficient (Wildman–Crippen LogP) is 0.398. The topological polar surface area (TPSA) is 44.4 Å². The molecule has 1 rings (SSSR count). The number of nitrogens with zero attached hydrogens (tertiary/aromatic N) is 1. The van der Waals surface area contributed by atoms with Crippen LogP contribution in [0.15, 0.2) is 0 Å². The molecule has 0 radical (unpaired) electrons. The third kappa shape index (κ3) is 2.59. The molecule has 76 valence electrons. The minimum Gasteiger partial charge on any atom is -0.336 e. The Bertz CT molecular complexity index is 184. The number of rotatable bonds is 4. The third-order valence-electron chi connectivity index (χ3n) is 2.36. The smallest absolute Gasteiger partial charge is 0.317 e. The molecule has 0 aromatic carbocycles. The number of nitrogens with one attached hydrogen (secondary N) is 2. The van der Waals surface area contributed by atoms with E-state index in [1.165, 1.54) is 0 Å². The summed E-state index contributed by atoms with van der Waals surface area (Å²) in [5.41, 5.74) is 0. The van der Waals surface area contributed by atoms with Crippen LogP contribution in [-0.4, -0.2) is 42.6 Å². The monoisotopic (exact) mass is 185 g/mol. The maximum Gasteiger partial charge on any atom is 0.317 e. The fourth-order valence-corrected chi connectivity index (χ4v) is 1.62. The third-order valence-corrected chi connectivity index (χ3v) is 2.36. The van der Waals surface area contributed by atoms with Crippen LogP contribution in [0.5, 0.6) is 0 Å². The zero-order chi connectivity index (χ0) is 9.84. The molecule has 1 fully saturated rings. The lowest BCUT2D eigenvalue weighted by Gasteiger charge is -2.24. The van der Waals surface area contributed by atoms with Gasteiger partial charge in [-0.1, -0.05) is 6.92 Å². The zero-order valence-corrected chi connectivity index (χ0v) is 8.63. The molecule has 4 heteroatoms. The lowest BCUT2D eigenvalue weighted by Crippen LogP contribution is -2.43. The molecule has 0 aromatic rings. The van der Waals surface area contributed by atoms with Gasteiger partial charge >= 0.3 is 6.03 Å². The molecule has 2 unspecified atom stereocenters. The largest absolute Gasteiger partial charge is 0.336 e. The highest BCUT2D eigenvalue weighted by atomic mass is 16.2. The molecule has 0 bridgehead atoms. The Kier molecular flexibility index (Phi) is 3.54. The lowest BCUT2D eigenvalue weighted by atomic mass is 10.2. The summed E-state index contributed by atoms with van der Waals surface area (Å²) in [6.45, 7) is 8.76. The van der Waals surface area contributed by atoms with Crippen LogP contribution in [0.4, 0.5) is 4.79 Å². The molecule has 4 nitrogen and oxygen atoms in total. The van der Waals surface area contributed by atoms with Crippen molar-refractivity contribution in [2.45, 2.75) is 32.9 Å². The Morgan fingerprint density at radius 3 is 2.92 bits per heavy atom. The van der Waals surface area contributed by atoms with Gasteiger partial charge in [-0.2, -0.15) is 0 Å². The van der Waals surface area contributed by atoms with Crippen LogP contribution in [-0.2, 0) is 0 Å². The van der Waals surface area contributed by atoms with Gasteiger partial charge in [-0.3, -0.25) is 0 Å². The van der Waals surface area contributed by atoms with E-state index in [1.54, 1.807) is 0 Å². The second kappa shape index (κ2) is 4.46. The van der Waals surface area contributed by atoms with Crippen LogP contribution in [0.2, 0.25) is 0 Å². The predicted molar refractivity (Wildman–Crippen MR) is 52.7 cm³/mol. The van der Waals surface area contributed by atoms with Crippen molar-refractivity contribution in [3.05, 3.63) is 0 Å². The number of hydrogen-bond acceptors (Lipinski definition) is 2. The van der Waals surface area contributed by atoms with E-state index in [0.717, 1.165) is 19.6 Å². The summed E-state index contributed by atoms with van der Waals surface area (Å²) >= 11 is 0. The van der Waals surface area contributed by atoms with Gasteiger partial charge < -0.3 is 15.5 Å². The molecule has 2 atom stereocenters. The van der Waals surface area contributed by atoms with Crippen molar-refractivity contribution in [1.29, 1.82) is 0 Å². The Morgan fingerprint density at radius 1 is 1.77 bits per heavy atom. The van der Waals surface area contributed by atoms with E-state index in [9.17, 15) is 4.79 Å². The zero-order valence-electron chi connectivity index (χ0n) is 8.63. The first-order valence-corrected chi connectivity index (χ1v) is 4.93. The maximum atomic E-state index is 11.3. The molecule has 0 aliphatic carbocycles. The van der Waals surface area contributed by atoms with Gasteiger partial charge in [0.25, 0.3) is 0 Å². The van der Waals surface area contributed by atoms with E-state index < -0.39 is 0 Å². The van der Waals surface area contributed by atoms with E-state index in [-0.39, 0.29) is 6.03 Å². The summed E-state index contributed by atoms with van der Waals surface area (Å²) in [5.74, 6) is 0. The van der Waals surface area contributed by atoms with Crippen LogP contribution >= 0.6 is 0 Å². The standard InChI is InChI=1S/C9H19N3O/c1-4-10-7(2)6-12-8(3)5-11-9(12)13/h7-8,10H,4-6H2,1-3H3,(H,11,13). The Balaban J connectivity index is 2.38.